The van der Waals surface area contributed by atoms with Gasteiger partial charge in [0, 0.05) is 31.9 Å². The van der Waals surface area contributed by atoms with Crippen molar-refractivity contribution in [3.63, 3.8) is 0 Å². The number of aromatic nitrogens is 2. The average molecular weight is 303 g/mol. The zero-order valence-corrected chi connectivity index (χ0v) is 13.0. The van der Waals surface area contributed by atoms with Gasteiger partial charge in [0.1, 0.15) is 0 Å². The second-order valence-corrected chi connectivity index (χ2v) is 7.09. The number of thiophene rings is 1. The Bertz CT molecular complexity index is 568. The maximum absolute atomic E-state index is 6.28. The average Bonchev–Trinajstić information content (AvgIpc) is 3.20. The van der Waals surface area contributed by atoms with E-state index in [9.17, 15) is 0 Å². The van der Waals surface area contributed by atoms with Crippen LogP contribution in [0.3, 0.4) is 0 Å². The summed E-state index contributed by atoms with van der Waals surface area (Å²) in [6.07, 6.45) is 9.37. The van der Waals surface area contributed by atoms with Crippen LogP contribution in [-0.2, 0) is 11.3 Å². The first-order valence-electron chi connectivity index (χ1n) is 7.68. The lowest BCUT2D eigenvalue weighted by Gasteiger charge is -2.39. The fourth-order valence-corrected chi connectivity index (χ4v) is 4.41. The van der Waals surface area contributed by atoms with Gasteiger partial charge in [-0.1, -0.05) is 0 Å². The molecule has 2 fully saturated rings. The van der Waals surface area contributed by atoms with Crippen LogP contribution >= 0.6 is 11.3 Å². The molecule has 2 aromatic heterocycles. The van der Waals surface area contributed by atoms with Crippen molar-refractivity contribution in [3.05, 3.63) is 41.1 Å². The van der Waals surface area contributed by atoms with Gasteiger partial charge in [-0.05, 0) is 41.8 Å². The number of imidazole rings is 1. The van der Waals surface area contributed by atoms with Gasteiger partial charge >= 0.3 is 0 Å². The third kappa shape index (κ3) is 2.78. The zero-order chi connectivity index (χ0) is 14.1. The Hall–Kier alpha value is -1.17. The van der Waals surface area contributed by atoms with E-state index < -0.39 is 0 Å². The lowest BCUT2D eigenvalue weighted by atomic mass is 9.88. The third-order valence-corrected chi connectivity index (χ3v) is 5.47. The van der Waals surface area contributed by atoms with Crippen molar-refractivity contribution in [1.82, 2.24) is 14.5 Å². The summed E-state index contributed by atoms with van der Waals surface area (Å²) in [5.74, 6) is 0. The van der Waals surface area contributed by atoms with Crippen LogP contribution in [0.5, 0.6) is 0 Å². The molecule has 2 atom stereocenters. The van der Waals surface area contributed by atoms with Crippen molar-refractivity contribution in [2.24, 2.45) is 0 Å². The van der Waals surface area contributed by atoms with Crippen molar-refractivity contribution >= 4 is 11.3 Å². The predicted molar refractivity (Wildman–Crippen MR) is 83.4 cm³/mol. The first kappa shape index (κ1) is 13.5. The molecule has 0 aliphatic carbocycles. The molecule has 0 N–H and O–H groups in total. The number of piperidine rings is 1. The van der Waals surface area contributed by atoms with Crippen LogP contribution in [0, 0.1) is 0 Å². The second-order valence-electron chi connectivity index (χ2n) is 6.31. The summed E-state index contributed by atoms with van der Waals surface area (Å²) in [5.41, 5.74) is 1.49. The Kier molecular flexibility index (Phi) is 3.57. The molecular formula is C16H21N3OS. The molecule has 0 aromatic carbocycles. The third-order valence-electron chi connectivity index (χ3n) is 4.74. The van der Waals surface area contributed by atoms with Crippen molar-refractivity contribution in [1.29, 1.82) is 0 Å². The number of rotatable bonds is 3. The molecule has 112 valence electrons. The van der Waals surface area contributed by atoms with Crippen LogP contribution in [0.25, 0.3) is 0 Å². The molecule has 4 rings (SSSR count). The summed E-state index contributed by atoms with van der Waals surface area (Å²) >= 11 is 1.78. The maximum atomic E-state index is 6.28. The second kappa shape index (κ2) is 5.55. The van der Waals surface area contributed by atoms with Crippen LogP contribution in [0.1, 0.15) is 30.9 Å². The van der Waals surface area contributed by atoms with Gasteiger partial charge in [0.15, 0.2) is 0 Å². The highest BCUT2D eigenvalue weighted by Gasteiger charge is 2.43. The monoisotopic (exact) mass is 303 g/mol. The van der Waals surface area contributed by atoms with Crippen molar-refractivity contribution < 1.29 is 4.74 Å². The largest absolute Gasteiger partial charge is 0.371 e. The summed E-state index contributed by atoms with van der Waals surface area (Å²) in [4.78, 5) is 6.72. The van der Waals surface area contributed by atoms with Crippen LogP contribution < -0.4 is 0 Å². The van der Waals surface area contributed by atoms with E-state index in [0.717, 1.165) is 26.1 Å². The predicted octanol–water partition coefficient (Wildman–Crippen LogP) is 2.94. The highest BCUT2D eigenvalue weighted by molar-refractivity contribution is 7.07. The van der Waals surface area contributed by atoms with Crippen LogP contribution in [0.2, 0.25) is 0 Å². The summed E-state index contributed by atoms with van der Waals surface area (Å²) in [6.45, 7) is 4.14. The first-order chi connectivity index (χ1) is 10.3. The van der Waals surface area contributed by atoms with Gasteiger partial charge in [-0.3, -0.25) is 4.90 Å². The molecule has 4 heterocycles. The smallest absolute Gasteiger partial charge is 0.0949 e. The zero-order valence-electron chi connectivity index (χ0n) is 12.1. The molecule has 2 saturated heterocycles. The fourth-order valence-electron chi connectivity index (χ4n) is 3.75. The van der Waals surface area contributed by atoms with Gasteiger partial charge in [-0.15, -0.1) is 0 Å². The Morgan fingerprint density at radius 3 is 3.29 bits per heavy atom. The van der Waals surface area contributed by atoms with Crippen molar-refractivity contribution in [3.8, 4) is 0 Å². The first-order valence-corrected chi connectivity index (χ1v) is 8.62. The summed E-state index contributed by atoms with van der Waals surface area (Å²) in [5, 5.41) is 4.42. The number of likely N-dealkylation sites (tertiary alicyclic amines) is 1. The lowest BCUT2D eigenvalue weighted by Crippen LogP contribution is -2.47. The van der Waals surface area contributed by atoms with E-state index in [4.69, 9.17) is 4.74 Å². The maximum Gasteiger partial charge on any atom is 0.0949 e. The van der Waals surface area contributed by atoms with Gasteiger partial charge in [0.2, 0.25) is 0 Å². The molecule has 0 amide bonds. The van der Waals surface area contributed by atoms with E-state index in [0.29, 0.717) is 6.04 Å². The summed E-state index contributed by atoms with van der Waals surface area (Å²) in [6, 6.07) is 2.68. The van der Waals surface area contributed by atoms with Crippen LogP contribution in [0.4, 0.5) is 0 Å². The van der Waals surface area contributed by atoms with Crippen molar-refractivity contribution in [2.75, 3.05) is 19.7 Å². The lowest BCUT2D eigenvalue weighted by molar-refractivity contribution is -0.0534. The molecule has 5 heteroatoms. The van der Waals surface area contributed by atoms with E-state index in [2.05, 4.69) is 37.5 Å². The summed E-state index contributed by atoms with van der Waals surface area (Å²) in [7, 11) is 0. The van der Waals surface area contributed by atoms with Gasteiger partial charge in [-0.25, -0.2) is 4.98 Å². The van der Waals surface area contributed by atoms with Gasteiger partial charge in [-0.2, -0.15) is 11.3 Å². The minimum absolute atomic E-state index is 0.0587. The van der Waals surface area contributed by atoms with Gasteiger partial charge in [0.05, 0.1) is 24.6 Å². The molecule has 21 heavy (non-hydrogen) atoms. The van der Waals surface area contributed by atoms with Gasteiger partial charge < -0.3 is 9.30 Å². The Morgan fingerprint density at radius 1 is 1.48 bits per heavy atom. The molecule has 0 bridgehead atoms. The normalized spacial score (nSPS) is 30.2. The van der Waals surface area contributed by atoms with Crippen LogP contribution in [-0.4, -0.2) is 39.7 Å². The Morgan fingerprint density at radius 2 is 2.48 bits per heavy atom. The van der Waals surface area contributed by atoms with Crippen molar-refractivity contribution in [2.45, 2.75) is 37.5 Å². The highest BCUT2D eigenvalue weighted by Crippen LogP contribution is 2.39. The molecule has 0 saturated carbocycles. The molecule has 2 aromatic rings. The van der Waals surface area contributed by atoms with E-state index in [-0.39, 0.29) is 5.60 Å². The molecular weight excluding hydrogens is 282 g/mol. The molecule has 2 aliphatic heterocycles. The highest BCUT2D eigenvalue weighted by atomic mass is 32.1. The molecule has 0 unspecified atom stereocenters. The topological polar surface area (TPSA) is 30.3 Å². The van der Waals surface area contributed by atoms with Gasteiger partial charge in [0.25, 0.3) is 0 Å². The SMILES string of the molecule is c1cn([C@@H]2CO[C@@]3(CCCN(Cc4ccsc4)C3)C2)cn1. The van der Waals surface area contributed by atoms with E-state index in [1.807, 2.05) is 12.5 Å². The number of hydrogen-bond acceptors (Lipinski definition) is 4. The van der Waals surface area contributed by atoms with Crippen LogP contribution in [0.15, 0.2) is 35.5 Å². The van der Waals surface area contributed by atoms with E-state index in [1.54, 1.807) is 11.3 Å². The minimum atomic E-state index is 0.0587. The number of ether oxygens (including phenoxy) is 1. The molecule has 2 aliphatic rings. The minimum Gasteiger partial charge on any atom is -0.371 e. The summed E-state index contributed by atoms with van der Waals surface area (Å²) < 4.78 is 8.48. The Balaban J connectivity index is 1.43. The quantitative estimate of drug-likeness (QED) is 0.873. The molecule has 4 nitrogen and oxygen atoms in total. The molecule has 0 radical (unpaired) electrons. The Labute approximate surface area is 129 Å². The standard InChI is InChI=1S/C16H21N3OS/c1-3-16(8-15(10-20-16)19-6-4-17-13-19)12-18(5-1)9-14-2-7-21-11-14/h2,4,6-7,11,13,15H,1,3,5,8-10,12H2/t15-,16-/m0/s1. The number of hydrogen-bond donors (Lipinski definition) is 0. The fraction of sp³-hybridized carbons (Fsp3) is 0.562. The van der Waals surface area contributed by atoms with E-state index in [1.165, 1.54) is 24.9 Å². The van der Waals surface area contributed by atoms with E-state index >= 15 is 0 Å². The molecule has 1 spiro atoms. The number of nitrogens with zero attached hydrogens (tertiary/aromatic N) is 3.